The second kappa shape index (κ2) is 7.56. The molecule has 1 aliphatic heterocycles. The minimum atomic E-state index is -0.610. The Morgan fingerprint density at radius 1 is 1.39 bits per heavy atom. The Morgan fingerprint density at radius 2 is 2.09 bits per heavy atom. The lowest BCUT2D eigenvalue weighted by molar-refractivity contribution is -0.154. The number of carbonyl (C=O) groups is 2. The van der Waals surface area contributed by atoms with E-state index in [-0.39, 0.29) is 30.3 Å². The van der Waals surface area contributed by atoms with Gasteiger partial charge in [0.25, 0.3) is 0 Å². The highest BCUT2D eigenvalue weighted by molar-refractivity contribution is 14.1. The Morgan fingerprint density at radius 3 is 2.65 bits per heavy atom. The average molecular weight is 437 g/mol. The highest BCUT2D eigenvalue weighted by Gasteiger charge is 2.46. The molecule has 1 aromatic heterocycles. The minimum Gasteiger partial charge on any atom is -0.461 e. The van der Waals surface area contributed by atoms with Crippen LogP contribution in [-0.4, -0.2) is 45.7 Å². The number of nitrogens with zero attached hydrogens (tertiary/aromatic N) is 3. The lowest BCUT2D eigenvalue weighted by Gasteiger charge is -2.21. The van der Waals surface area contributed by atoms with Gasteiger partial charge < -0.3 is 14.2 Å². The molecule has 0 amide bonds. The Hall–Kier alpha value is -1.23. The van der Waals surface area contributed by atoms with E-state index in [1.807, 2.05) is 36.4 Å². The van der Waals surface area contributed by atoms with E-state index in [9.17, 15) is 9.59 Å². The summed E-state index contributed by atoms with van der Waals surface area (Å²) in [4.78, 5) is 23.3. The van der Waals surface area contributed by atoms with Crippen molar-refractivity contribution in [3.05, 3.63) is 9.39 Å². The number of hydrogen-bond acceptors (Lipinski definition) is 7. The van der Waals surface area contributed by atoms with Crippen LogP contribution in [0.1, 0.15) is 50.8 Å². The molecule has 1 aliphatic rings. The van der Waals surface area contributed by atoms with Crippen molar-refractivity contribution in [3.63, 3.8) is 0 Å². The summed E-state index contributed by atoms with van der Waals surface area (Å²) in [6.45, 7) is 7.31. The van der Waals surface area contributed by atoms with E-state index in [0.717, 1.165) is 6.42 Å². The molecule has 0 aromatic carbocycles. The normalized spacial score (nSPS) is 27.0. The minimum absolute atomic E-state index is 0.0138. The zero-order valence-corrected chi connectivity index (χ0v) is 15.6. The maximum absolute atomic E-state index is 11.9. The summed E-state index contributed by atoms with van der Waals surface area (Å²) in [5.74, 6) is -0.904. The number of rotatable bonds is 5. The molecule has 0 N–H and O–H groups in total. The molecule has 0 spiro atoms. The summed E-state index contributed by atoms with van der Waals surface area (Å²) >= 11 is 1.97. The maximum Gasteiger partial charge on any atom is 0.361 e. The third-order valence-electron chi connectivity index (χ3n) is 3.75. The van der Waals surface area contributed by atoms with Crippen LogP contribution in [0.15, 0.2) is 0 Å². The van der Waals surface area contributed by atoms with E-state index >= 15 is 0 Å². The van der Waals surface area contributed by atoms with E-state index in [1.165, 1.54) is 11.6 Å². The average Bonchev–Trinajstić information content (AvgIpc) is 3.00. The van der Waals surface area contributed by atoms with Gasteiger partial charge in [-0.25, -0.2) is 9.48 Å². The van der Waals surface area contributed by atoms with Gasteiger partial charge in [0, 0.05) is 12.8 Å². The van der Waals surface area contributed by atoms with Gasteiger partial charge in [0.1, 0.15) is 3.70 Å². The molecule has 0 bridgehead atoms. The van der Waals surface area contributed by atoms with E-state index in [1.54, 1.807) is 6.92 Å². The highest BCUT2D eigenvalue weighted by Crippen LogP contribution is 2.38. The largest absolute Gasteiger partial charge is 0.461 e. The second-order valence-corrected chi connectivity index (χ2v) is 6.32. The second-order valence-electron chi connectivity index (χ2n) is 5.30. The van der Waals surface area contributed by atoms with E-state index in [0.29, 0.717) is 3.70 Å². The van der Waals surface area contributed by atoms with Crippen molar-refractivity contribution in [2.24, 2.45) is 5.92 Å². The standard InChI is InChI=1S/C14H20IN3O5/c1-5-9-7(3)11(22-8(4)19)13(23-9)18-12(15)10(16-17-18)14(20)21-6-2/h7,9,11,13H,5-6H2,1-4H3/t7-,9-,11-,13-/m1/s1. The van der Waals surface area contributed by atoms with Gasteiger partial charge in [-0.3, -0.25) is 4.79 Å². The van der Waals surface area contributed by atoms with Crippen LogP contribution in [0.4, 0.5) is 0 Å². The Labute approximate surface area is 148 Å². The van der Waals surface area contributed by atoms with Crippen molar-refractivity contribution in [3.8, 4) is 0 Å². The van der Waals surface area contributed by atoms with Gasteiger partial charge in [-0.05, 0) is 35.9 Å². The van der Waals surface area contributed by atoms with Crippen molar-refractivity contribution in [2.45, 2.75) is 52.6 Å². The van der Waals surface area contributed by atoms with Crippen LogP contribution in [0.5, 0.6) is 0 Å². The SMILES string of the molecule is CCOC(=O)c1nnn([C@@H]2O[C@H](CC)[C@@H](C)[C@H]2OC(C)=O)c1I. The van der Waals surface area contributed by atoms with Crippen molar-refractivity contribution in [2.75, 3.05) is 6.61 Å². The molecule has 0 radical (unpaired) electrons. The smallest absolute Gasteiger partial charge is 0.361 e. The number of esters is 2. The van der Waals surface area contributed by atoms with Crippen LogP contribution in [0, 0.1) is 9.62 Å². The van der Waals surface area contributed by atoms with Gasteiger partial charge in [0.15, 0.2) is 12.3 Å². The van der Waals surface area contributed by atoms with Crippen LogP contribution in [0.3, 0.4) is 0 Å². The summed E-state index contributed by atoms with van der Waals surface area (Å²) in [5.41, 5.74) is 0.130. The molecule has 4 atom stereocenters. The molecule has 23 heavy (non-hydrogen) atoms. The predicted molar refractivity (Wildman–Crippen MR) is 87.6 cm³/mol. The molecule has 9 heteroatoms. The van der Waals surface area contributed by atoms with Crippen LogP contribution in [0.2, 0.25) is 0 Å². The van der Waals surface area contributed by atoms with Gasteiger partial charge in [-0.15, -0.1) is 5.10 Å². The third-order valence-corrected chi connectivity index (χ3v) is 4.76. The fourth-order valence-electron chi connectivity index (χ4n) is 2.64. The lowest BCUT2D eigenvalue weighted by atomic mass is 9.98. The van der Waals surface area contributed by atoms with Gasteiger partial charge in [0.2, 0.25) is 5.69 Å². The number of aromatic nitrogens is 3. The summed E-state index contributed by atoms with van der Waals surface area (Å²) in [6, 6.07) is 0. The third kappa shape index (κ3) is 3.65. The van der Waals surface area contributed by atoms with Gasteiger partial charge in [-0.2, -0.15) is 0 Å². The molecule has 0 saturated carbocycles. The molecular weight excluding hydrogens is 417 g/mol. The first-order chi connectivity index (χ1) is 10.9. The summed E-state index contributed by atoms with van der Waals surface area (Å²) in [7, 11) is 0. The number of hydrogen-bond donors (Lipinski definition) is 0. The van der Waals surface area contributed by atoms with Crippen molar-refractivity contribution >= 4 is 34.5 Å². The van der Waals surface area contributed by atoms with Crippen LogP contribution < -0.4 is 0 Å². The zero-order valence-electron chi connectivity index (χ0n) is 13.5. The van der Waals surface area contributed by atoms with Gasteiger partial charge in [0.05, 0.1) is 12.7 Å². The molecule has 1 saturated heterocycles. The van der Waals surface area contributed by atoms with Crippen molar-refractivity contribution in [1.82, 2.24) is 15.0 Å². The Bertz CT molecular complexity index is 591. The Kier molecular flexibility index (Phi) is 5.95. The first-order valence-corrected chi connectivity index (χ1v) is 8.59. The lowest BCUT2D eigenvalue weighted by Crippen LogP contribution is -2.30. The Balaban J connectivity index is 2.31. The van der Waals surface area contributed by atoms with Gasteiger partial charge >= 0.3 is 11.9 Å². The molecule has 2 heterocycles. The topological polar surface area (TPSA) is 92.5 Å². The molecule has 8 nitrogen and oxygen atoms in total. The van der Waals surface area contributed by atoms with E-state index in [2.05, 4.69) is 10.3 Å². The zero-order chi connectivity index (χ0) is 17.1. The molecule has 0 unspecified atom stereocenters. The van der Waals surface area contributed by atoms with Crippen LogP contribution in [-0.2, 0) is 19.0 Å². The first-order valence-electron chi connectivity index (χ1n) is 7.51. The molecular formula is C14H20IN3O5. The number of carbonyl (C=O) groups excluding carboxylic acids is 2. The first kappa shape index (κ1) is 18.1. The monoisotopic (exact) mass is 437 g/mol. The molecule has 128 valence electrons. The molecule has 1 fully saturated rings. The number of ether oxygens (including phenoxy) is 3. The molecule has 2 rings (SSSR count). The maximum atomic E-state index is 11.9. The van der Waals surface area contributed by atoms with E-state index < -0.39 is 18.3 Å². The fraction of sp³-hybridized carbons (Fsp3) is 0.714. The van der Waals surface area contributed by atoms with Crippen molar-refractivity contribution < 1.29 is 23.8 Å². The summed E-state index contributed by atoms with van der Waals surface area (Å²) in [6.07, 6.45) is -0.370. The van der Waals surface area contributed by atoms with Crippen LogP contribution in [0.25, 0.3) is 0 Å². The van der Waals surface area contributed by atoms with Crippen molar-refractivity contribution in [1.29, 1.82) is 0 Å². The van der Waals surface area contributed by atoms with Crippen LogP contribution >= 0.6 is 22.6 Å². The molecule has 1 aromatic rings. The number of halogens is 1. The quantitative estimate of drug-likeness (QED) is 0.514. The highest BCUT2D eigenvalue weighted by atomic mass is 127. The molecule has 0 aliphatic carbocycles. The predicted octanol–water partition coefficient (Wildman–Crippen LogP) is 1.93. The summed E-state index contributed by atoms with van der Waals surface area (Å²) < 4.78 is 18.3. The van der Waals surface area contributed by atoms with Gasteiger partial charge in [-0.1, -0.05) is 19.1 Å². The summed E-state index contributed by atoms with van der Waals surface area (Å²) in [5, 5.41) is 7.88. The van der Waals surface area contributed by atoms with E-state index in [4.69, 9.17) is 14.2 Å². The fourth-order valence-corrected chi connectivity index (χ4v) is 3.34.